The van der Waals surface area contributed by atoms with Crippen LogP contribution in [0, 0.1) is 12.5 Å². The van der Waals surface area contributed by atoms with Gasteiger partial charge in [0.2, 0.25) is 0 Å². The quantitative estimate of drug-likeness (QED) is 0.426. The molecule has 0 unspecified atom stereocenters. The highest BCUT2D eigenvalue weighted by Gasteiger charge is 2.27. The summed E-state index contributed by atoms with van der Waals surface area (Å²) in [4.78, 5) is 13.9. The molecule has 0 aliphatic rings. The summed E-state index contributed by atoms with van der Waals surface area (Å²) in [6.07, 6.45) is 0. The predicted molar refractivity (Wildman–Crippen MR) is 37.2 cm³/mol. The summed E-state index contributed by atoms with van der Waals surface area (Å²) in [6, 6.07) is -0.634. The second-order valence-electron chi connectivity index (χ2n) is 2.34. The number of methoxy groups -OCH3 is 1. The second kappa shape index (κ2) is 3.89. The Bertz CT molecular complexity index is 157. The molecule has 0 amide bonds. The average molecular weight is 141 g/mol. The lowest BCUT2D eigenvalue weighted by Crippen LogP contribution is -2.23. The largest absolute Gasteiger partial charge is 0.463 e. The molecule has 0 radical (unpaired) electrons. The first-order chi connectivity index (χ1) is 4.63. The maximum Gasteiger partial charge on any atom is 0.390 e. The van der Waals surface area contributed by atoms with Gasteiger partial charge in [0.05, 0.1) is 7.11 Å². The normalized spacial score (nSPS) is 12.3. The van der Waals surface area contributed by atoms with Crippen molar-refractivity contribution in [1.29, 1.82) is 0 Å². The van der Waals surface area contributed by atoms with E-state index in [0.717, 1.165) is 0 Å². The lowest BCUT2D eigenvalue weighted by molar-refractivity contribution is -0.142. The van der Waals surface area contributed by atoms with Crippen LogP contribution in [-0.4, -0.2) is 19.1 Å². The first-order valence-electron chi connectivity index (χ1n) is 3.08. The molecule has 0 aromatic heterocycles. The Morgan fingerprint density at radius 2 is 2.10 bits per heavy atom. The van der Waals surface area contributed by atoms with Gasteiger partial charge in [-0.15, -0.1) is 0 Å². The summed E-state index contributed by atoms with van der Waals surface area (Å²) in [7, 11) is 1.29. The molecule has 0 N–H and O–H groups in total. The molecular formula is C7H11NO2. The number of carbonyl (C=O) groups excluding carboxylic acids is 1. The number of carbonyl (C=O) groups is 1. The maximum absolute atomic E-state index is 10.7. The number of esters is 1. The Kier molecular flexibility index (Phi) is 3.48. The third-order valence-electron chi connectivity index (χ3n) is 1.21. The van der Waals surface area contributed by atoms with Crippen molar-refractivity contribution < 1.29 is 9.53 Å². The van der Waals surface area contributed by atoms with Crippen molar-refractivity contribution in [2.45, 2.75) is 19.9 Å². The van der Waals surface area contributed by atoms with Crippen LogP contribution in [0.2, 0.25) is 0 Å². The molecule has 0 aromatic carbocycles. The van der Waals surface area contributed by atoms with Gasteiger partial charge >= 0.3 is 12.0 Å². The van der Waals surface area contributed by atoms with Crippen LogP contribution in [0.25, 0.3) is 4.85 Å². The van der Waals surface area contributed by atoms with Crippen LogP contribution in [0.5, 0.6) is 0 Å². The summed E-state index contributed by atoms with van der Waals surface area (Å²) in [6.45, 7) is 10.3. The summed E-state index contributed by atoms with van der Waals surface area (Å²) >= 11 is 0. The van der Waals surface area contributed by atoms with Gasteiger partial charge in [-0.3, -0.25) is 0 Å². The zero-order valence-electron chi connectivity index (χ0n) is 6.42. The number of rotatable bonds is 2. The van der Waals surface area contributed by atoms with Gasteiger partial charge in [-0.2, -0.15) is 0 Å². The van der Waals surface area contributed by atoms with Gasteiger partial charge in [0.25, 0.3) is 0 Å². The highest BCUT2D eigenvalue weighted by atomic mass is 16.5. The minimum absolute atomic E-state index is 0.0324. The summed E-state index contributed by atoms with van der Waals surface area (Å²) < 4.78 is 4.41. The molecule has 3 nitrogen and oxygen atoms in total. The van der Waals surface area contributed by atoms with Crippen molar-refractivity contribution in [3.63, 3.8) is 0 Å². The molecule has 0 rings (SSSR count). The molecule has 0 spiro atoms. The van der Waals surface area contributed by atoms with Crippen molar-refractivity contribution in [3.8, 4) is 0 Å². The minimum atomic E-state index is -0.634. The Morgan fingerprint density at radius 3 is 2.20 bits per heavy atom. The SMILES string of the molecule is [C-]#[N+][C@@H](C(=O)OC)C(C)C. The molecule has 1 atom stereocenters. The molecule has 0 fully saturated rings. The molecule has 0 bridgehead atoms. The lowest BCUT2D eigenvalue weighted by atomic mass is 10.1. The van der Waals surface area contributed by atoms with Crippen LogP contribution in [0.1, 0.15) is 13.8 Å². The molecule has 0 saturated carbocycles. The fourth-order valence-corrected chi connectivity index (χ4v) is 0.595. The molecule has 0 saturated heterocycles. The topological polar surface area (TPSA) is 30.7 Å². The van der Waals surface area contributed by atoms with Crippen LogP contribution < -0.4 is 0 Å². The van der Waals surface area contributed by atoms with E-state index in [1.165, 1.54) is 7.11 Å². The zero-order valence-corrected chi connectivity index (χ0v) is 6.42. The van der Waals surface area contributed by atoms with Gasteiger partial charge in [-0.05, 0) is 0 Å². The third-order valence-corrected chi connectivity index (χ3v) is 1.21. The van der Waals surface area contributed by atoms with Crippen molar-refractivity contribution in [2.24, 2.45) is 5.92 Å². The number of hydrogen-bond donors (Lipinski definition) is 0. The van der Waals surface area contributed by atoms with Crippen molar-refractivity contribution >= 4 is 5.97 Å². The molecule has 0 heterocycles. The average Bonchev–Trinajstić information content (AvgIpc) is 1.88. The van der Waals surface area contributed by atoms with E-state index in [4.69, 9.17) is 6.57 Å². The van der Waals surface area contributed by atoms with E-state index in [9.17, 15) is 4.79 Å². The van der Waals surface area contributed by atoms with E-state index in [0.29, 0.717) is 0 Å². The Labute approximate surface area is 60.8 Å². The standard InChI is InChI=1S/C7H11NO2/c1-5(2)6(8-3)7(9)10-4/h5-6H,1-2,4H3/t6-/m1/s1. The summed E-state index contributed by atoms with van der Waals surface area (Å²) in [5.74, 6) is -0.407. The first kappa shape index (κ1) is 8.96. The fourth-order valence-electron chi connectivity index (χ4n) is 0.595. The van der Waals surface area contributed by atoms with Crippen LogP contribution in [0.15, 0.2) is 0 Å². The zero-order chi connectivity index (χ0) is 8.15. The smallest absolute Gasteiger partial charge is 0.390 e. The van der Waals surface area contributed by atoms with Gasteiger partial charge in [0, 0.05) is 5.92 Å². The molecule has 10 heavy (non-hydrogen) atoms. The van der Waals surface area contributed by atoms with Crippen molar-refractivity contribution in [1.82, 2.24) is 0 Å². The second-order valence-corrected chi connectivity index (χ2v) is 2.34. The lowest BCUT2D eigenvalue weighted by Gasteiger charge is -2.04. The first-order valence-corrected chi connectivity index (χ1v) is 3.08. The summed E-state index contributed by atoms with van der Waals surface area (Å²) in [5, 5.41) is 0. The molecule has 56 valence electrons. The number of hydrogen-bond acceptors (Lipinski definition) is 2. The van der Waals surface area contributed by atoms with Gasteiger partial charge < -0.3 is 9.58 Å². The highest BCUT2D eigenvalue weighted by Crippen LogP contribution is 2.06. The van der Waals surface area contributed by atoms with Crippen molar-refractivity contribution in [2.75, 3.05) is 7.11 Å². The van der Waals surface area contributed by atoms with Gasteiger partial charge in [0.1, 0.15) is 0 Å². The summed E-state index contributed by atoms with van der Waals surface area (Å²) in [5.41, 5.74) is 0. The van der Waals surface area contributed by atoms with E-state index in [2.05, 4.69) is 9.58 Å². The van der Waals surface area contributed by atoms with Gasteiger partial charge in [-0.25, -0.2) is 11.4 Å². The molecule has 0 aromatic rings. The van der Waals surface area contributed by atoms with E-state index in [1.54, 1.807) is 0 Å². The van der Waals surface area contributed by atoms with Crippen LogP contribution >= 0.6 is 0 Å². The van der Waals surface area contributed by atoms with Gasteiger partial charge in [-0.1, -0.05) is 13.8 Å². The third kappa shape index (κ3) is 2.06. The van der Waals surface area contributed by atoms with Gasteiger partial charge in [0.15, 0.2) is 0 Å². The van der Waals surface area contributed by atoms with E-state index in [-0.39, 0.29) is 5.92 Å². The van der Waals surface area contributed by atoms with E-state index < -0.39 is 12.0 Å². The molecule has 0 aliphatic carbocycles. The number of nitrogens with zero attached hydrogens (tertiary/aromatic N) is 1. The molecular weight excluding hydrogens is 130 g/mol. The van der Waals surface area contributed by atoms with Crippen molar-refractivity contribution in [3.05, 3.63) is 11.4 Å². The van der Waals surface area contributed by atoms with E-state index in [1.807, 2.05) is 13.8 Å². The Balaban J connectivity index is 4.11. The minimum Gasteiger partial charge on any atom is -0.463 e. The maximum atomic E-state index is 10.7. The highest BCUT2D eigenvalue weighted by molar-refractivity contribution is 5.77. The number of ether oxygens (including phenoxy) is 1. The Morgan fingerprint density at radius 1 is 1.60 bits per heavy atom. The predicted octanol–water partition coefficient (Wildman–Crippen LogP) is 1.10. The Hall–Kier alpha value is -1.04. The fraction of sp³-hybridized carbons (Fsp3) is 0.714. The van der Waals surface area contributed by atoms with Crippen LogP contribution in [0.4, 0.5) is 0 Å². The molecule has 0 aliphatic heterocycles. The van der Waals surface area contributed by atoms with E-state index >= 15 is 0 Å². The monoisotopic (exact) mass is 141 g/mol. The van der Waals surface area contributed by atoms with Crippen LogP contribution in [0.3, 0.4) is 0 Å². The molecule has 3 heteroatoms. The van der Waals surface area contributed by atoms with Crippen LogP contribution in [-0.2, 0) is 9.53 Å².